The van der Waals surface area contributed by atoms with Crippen molar-refractivity contribution in [3.05, 3.63) is 67.0 Å². The molecule has 1 N–H and O–H groups in total. The first-order valence-electron chi connectivity index (χ1n) is 9.97. The van der Waals surface area contributed by atoms with Crippen molar-refractivity contribution in [3.63, 3.8) is 0 Å². The molecular formula is C21H23N7O3. The Morgan fingerprint density at radius 3 is 2.55 bits per heavy atom. The average molecular weight is 421 g/mol. The zero-order valence-electron chi connectivity index (χ0n) is 16.9. The van der Waals surface area contributed by atoms with E-state index >= 15 is 0 Å². The molecule has 4 rings (SSSR count). The van der Waals surface area contributed by atoms with Crippen LogP contribution in [0.15, 0.2) is 61.4 Å². The monoisotopic (exact) mass is 421 g/mol. The van der Waals surface area contributed by atoms with Gasteiger partial charge in [0.1, 0.15) is 37.4 Å². The van der Waals surface area contributed by atoms with Gasteiger partial charge in [0.15, 0.2) is 0 Å². The number of nitrogens with zero attached hydrogens (tertiary/aromatic N) is 6. The molecule has 0 spiro atoms. The number of benzene rings is 1. The van der Waals surface area contributed by atoms with Crippen LogP contribution in [-0.2, 0) is 16.1 Å². The van der Waals surface area contributed by atoms with Gasteiger partial charge in [-0.15, -0.1) is 0 Å². The lowest BCUT2D eigenvalue weighted by Crippen LogP contribution is -2.51. The second-order valence-corrected chi connectivity index (χ2v) is 6.99. The van der Waals surface area contributed by atoms with E-state index in [0.29, 0.717) is 26.2 Å². The SMILES string of the molecule is O=C(NCC(=O)N1CCN(c2cc(-n3ccnc3)ncn2)CC1)OCc1ccccc1. The second kappa shape index (κ2) is 9.70. The van der Waals surface area contributed by atoms with Crippen molar-refractivity contribution in [2.45, 2.75) is 6.61 Å². The van der Waals surface area contributed by atoms with Gasteiger partial charge in [-0.1, -0.05) is 30.3 Å². The Balaban J connectivity index is 1.22. The molecule has 0 radical (unpaired) electrons. The summed E-state index contributed by atoms with van der Waals surface area (Å²) >= 11 is 0. The molecule has 0 aliphatic carbocycles. The van der Waals surface area contributed by atoms with Crippen LogP contribution in [0.2, 0.25) is 0 Å². The smallest absolute Gasteiger partial charge is 0.407 e. The number of carbonyl (C=O) groups excluding carboxylic acids is 2. The summed E-state index contributed by atoms with van der Waals surface area (Å²) in [6.45, 7) is 2.45. The molecule has 1 fully saturated rings. The molecular weight excluding hydrogens is 398 g/mol. The fourth-order valence-electron chi connectivity index (χ4n) is 3.26. The summed E-state index contributed by atoms with van der Waals surface area (Å²) in [5.41, 5.74) is 0.890. The van der Waals surface area contributed by atoms with E-state index in [9.17, 15) is 9.59 Å². The largest absolute Gasteiger partial charge is 0.445 e. The van der Waals surface area contributed by atoms with Gasteiger partial charge in [0.25, 0.3) is 0 Å². The zero-order chi connectivity index (χ0) is 21.5. The lowest BCUT2D eigenvalue weighted by molar-refractivity contribution is -0.130. The van der Waals surface area contributed by atoms with Gasteiger partial charge in [-0.25, -0.2) is 19.7 Å². The van der Waals surface area contributed by atoms with Crippen LogP contribution in [0.4, 0.5) is 10.6 Å². The molecule has 1 aromatic carbocycles. The number of aromatic nitrogens is 4. The topological polar surface area (TPSA) is 105 Å². The Hall–Kier alpha value is -3.95. The lowest BCUT2D eigenvalue weighted by Gasteiger charge is -2.35. The normalized spacial score (nSPS) is 13.7. The van der Waals surface area contributed by atoms with Crippen LogP contribution in [0.1, 0.15) is 5.56 Å². The maximum absolute atomic E-state index is 12.4. The van der Waals surface area contributed by atoms with Gasteiger partial charge < -0.3 is 19.9 Å². The number of piperazine rings is 1. The zero-order valence-corrected chi connectivity index (χ0v) is 16.9. The van der Waals surface area contributed by atoms with Crippen LogP contribution >= 0.6 is 0 Å². The number of amides is 2. The van der Waals surface area contributed by atoms with Crippen molar-refractivity contribution in [2.75, 3.05) is 37.6 Å². The molecule has 160 valence electrons. The van der Waals surface area contributed by atoms with Crippen LogP contribution in [0.5, 0.6) is 0 Å². The van der Waals surface area contributed by atoms with Gasteiger partial charge >= 0.3 is 6.09 Å². The number of carbonyl (C=O) groups is 2. The predicted octanol–water partition coefficient (Wildman–Crippen LogP) is 1.24. The third-order valence-electron chi connectivity index (χ3n) is 4.96. The van der Waals surface area contributed by atoms with E-state index in [0.717, 1.165) is 17.2 Å². The molecule has 10 heteroatoms. The Morgan fingerprint density at radius 1 is 1.03 bits per heavy atom. The molecule has 1 saturated heterocycles. The van der Waals surface area contributed by atoms with Crippen molar-refractivity contribution in [2.24, 2.45) is 0 Å². The van der Waals surface area contributed by atoms with Gasteiger partial charge in [0.2, 0.25) is 5.91 Å². The van der Waals surface area contributed by atoms with E-state index in [-0.39, 0.29) is 19.1 Å². The van der Waals surface area contributed by atoms with Gasteiger partial charge in [-0.2, -0.15) is 0 Å². The Bertz CT molecular complexity index is 1000. The Labute approximate surface area is 179 Å². The van der Waals surface area contributed by atoms with E-state index in [1.54, 1.807) is 17.4 Å². The lowest BCUT2D eigenvalue weighted by atomic mass is 10.2. The van der Waals surface area contributed by atoms with Crippen molar-refractivity contribution >= 4 is 17.8 Å². The minimum Gasteiger partial charge on any atom is -0.445 e. The Kier molecular flexibility index (Phi) is 6.36. The number of alkyl carbamates (subject to hydrolysis) is 1. The van der Waals surface area contributed by atoms with E-state index < -0.39 is 6.09 Å². The predicted molar refractivity (Wildman–Crippen MR) is 113 cm³/mol. The van der Waals surface area contributed by atoms with Crippen molar-refractivity contribution in [3.8, 4) is 5.82 Å². The number of nitrogens with one attached hydrogen (secondary N) is 1. The third kappa shape index (κ3) is 5.35. The summed E-state index contributed by atoms with van der Waals surface area (Å²) in [6.07, 6.45) is 6.11. The molecule has 1 aliphatic rings. The van der Waals surface area contributed by atoms with Crippen LogP contribution in [0.3, 0.4) is 0 Å². The minimum absolute atomic E-state index is 0.0914. The highest BCUT2D eigenvalue weighted by Crippen LogP contribution is 2.16. The molecule has 0 bridgehead atoms. The number of hydrogen-bond acceptors (Lipinski definition) is 7. The van der Waals surface area contributed by atoms with Gasteiger partial charge in [0, 0.05) is 44.6 Å². The number of ether oxygens (including phenoxy) is 1. The van der Waals surface area contributed by atoms with E-state index in [1.807, 2.05) is 47.2 Å². The van der Waals surface area contributed by atoms with Crippen molar-refractivity contribution in [1.29, 1.82) is 0 Å². The highest BCUT2D eigenvalue weighted by atomic mass is 16.5. The highest BCUT2D eigenvalue weighted by molar-refractivity contribution is 5.82. The summed E-state index contributed by atoms with van der Waals surface area (Å²) < 4.78 is 6.95. The molecule has 0 atom stereocenters. The van der Waals surface area contributed by atoms with E-state index in [2.05, 4.69) is 25.2 Å². The summed E-state index contributed by atoms with van der Waals surface area (Å²) in [6, 6.07) is 11.3. The highest BCUT2D eigenvalue weighted by Gasteiger charge is 2.22. The molecule has 2 aromatic heterocycles. The van der Waals surface area contributed by atoms with Gasteiger partial charge in [0.05, 0.1) is 0 Å². The summed E-state index contributed by atoms with van der Waals surface area (Å²) in [4.78, 5) is 40.7. The number of imidazole rings is 1. The third-order valence-corrected chi connectivity index (χ3v) is 4.96. The molecule has 3 aromatic rings. The number of hydrogen-bond donors (Lipinski definition) is 1. The summed E-state index contributed by atoms with van der Waals surface area (Å²) in [5, 5.41) is 2.52. The summed E-state index contributed by atoms with van der Waals surface area (Å²) in [7, 11) is 0. The van der Waals surface area contributed by atoms with Crippen molar-refractivity contribution < 1.29 is 14.3 Å². The molecule has 3 heterocycles. The molecule has 31 heavy (non-hydrogen) atoms. The molecule has 1 aliphatic heterocycles. The first-order chi connectivity index (χ1) is 15.2. The molecule has 0 saturated carbocycles. The number of rotatable bonds is 6. The minimum atomic E-state index is -0.608. The molecule has 0 unspecified atom stereocenters. The van der Waals surface area contributed by atoms with Crippen LogP contribution in [0, 0.1) is 0 Å². The molecule has 2 amide bonds. The summed E-state index contributed by atoms with van der Waals surface area (Å²) in [5.74, 6) is 1.39. The van der Waals surface area contributed by atoms with Crippen LogP contribution in [-0.4, -0.2) is 69.1 Å². The van der Waals surface area contributed by atoms with Crippen LogP contribution in [0.25, 0.3) is 5.82 Å². The standard InChI is InChI=1S/C21H23N7O3/c29-20(13-23-21(30)31-14-17-4-2-1-3-5-17)27-10-8-26(9-11-27)18-12-19(25-15-24-18)28-7-6-22-16-28/h1-7,12,15-16H,8-11,13-14H2,(H,23,30). The second-order valence-electron chi connectivity index (χ2n) is 6.99. The fourth-order valence-corrected chi connectivity index (χ4v) is 3.26. The van der Waals surface area contributed by atoms with Gasteiger partial charge in [-0.05, 0) is 5.56 Å². The fraction of sp³-hybridized carbons (Fsp3) is 0.286. The maximum atomic E-state index is 12.4. The van der Waals surface area contributed by atoms with E-state index in [4.69, 9.17) is 4.74 Å². The van der Waals surface area contributed by atoms with Crippen LogP contribution < -0.4 is 10.2 Å². The Morgan fingerprint density at radius 2 is 1.81 bits per heavy atom. The van der Waals surface area contributed by atoms with Crippen molar-refractivity contribution in [1.82, 2.24) is 29.7 Å². The number of anilines is 1. The first-order valence-corrected chi connectivity index (χ1v) is 9.97. The first kappa shape index (κ1) is 20.3. The van der Waals surface area contributed by atoms with E-state index in [1.165, 1.54) is 6.33 Å². The maximum Gasteiger partial charge on any atom is 0.407 e. The average Bonchev–Trinajstić information content (AvgIpc) is 3.37. The van der Waals surface area contributed by atoms with Gasteiger partial charge in [-0.3, -0.25) is 9.36 Å². The quantitative estimate of drug-likeness (QED) is 0.638. The molecule has 10 nitrogen and oxygen atoms in total.